The number of hydrogen-bond donors (Lipinski definition) is 0. The fourth-order valence-corrected chi connectivity index (χ4v) is 2.75. The number of likely N-dealkylation sites (tertiary alicyclic amines) is 1. The molecule has 1 aliphatic rings. The average Bonchev–Trinajstić information content (AvgIpc) is 2.74. The summed E-state index contributed by atoms with van der Waals surface area (Å²) in [7, 11) is 0. The molecule has 1 aliphatic heterocycles. The van der Waals surface area contributed by atoms with Crippen LogP contribution in [0.4, 0.5) is 0 Å². The maximum absolute atomic E-state index is 2.57. The van der Waals surface area contributed by atoms with E-state index in [4.69, 9.17) is 0 Å². The minimum atomic E-state index is 0.723. The Morgan fingerprint density at radius 3 is 3.25 bits per heavy atom. The highest BCUT2D eigenvalue weighted by molar-refractivity contribution is 7.07. The molecule has 0 unspecified atom stereocenters. The Bertz CT molecular complexity index is 230. The number of hydrogen-bond acceptors (Lipinski definition) is 2. The van der Waals surface area contributed by atoms with Crippen LogP contribution in [-0.4, -0.2) is 18.0 Å². The van der Waals surface area contributed by atoms with Crippen molar-refractivity contribution in [3.8, 4) is 0 Å². The highest BCUT2D eigenvalue weighted by Crippen LogP contribution is 2.32. The van der Waals surface area contributed by atoms with E-state index in [1.807, 2.05) is 11.3 Å². The first kappa shape index (κ1) is 8.27. The topological polar surface area (TPSA) is 3.24 Å². The molecule has 1 atom stereocenters. The lowest BCUT2D eigenvalue weighted by molar-refractivity contribution is 0.272. The predicted octanol–water partition coefficient (Wildman–Crippen LogP) is 2.90. The molecule has 1 aromatic heterocycles. The summed E-state index contributed by atoms with van der Waals surface area (Å²) in [4.78, 5) is 2.57. The third kappa shape index (κ3) is 1.41. The van der Waals surface area contributed by atoms with Crippen molar-refractivity contribution in [2.45, 2.75) is 25.8 Å². The Labute approximate surface area is 78.0 Å². The molecule has 0 spiro atoms. The lowest BCUT2D eigenvalue weighted by atomic mass is 10.1. The fraction of sp³-hybridized carbons (Fsp3) is 0.600. The molecule has 0 radical (unpaired) electrons. The van der Waals surface area contributed by atoms with Crippen LogP contribution in [0.2, 0.25) is 0 Å². The molecular formula is C10H15NS. The first-order valence-electron chi connectivity index (χ1n) is 4.68. The van der Waals surface area contributed by atoms with Gasteiger partial charge in [-0.15, -0.1) is 0 Å². The number of rotatable bonds is 2. The molecule has 1 saturated heterocycles. The Morgan fingerprint density at radius 2 is 2.58 bits per heavy atom. The van der Waals surface area contributed by atoms with Crippen molar-refractivity contribution in [3.05, 3.63) is 22.4 Å². The summed E-state index contributed by atoms with van der Waals surface area (Å²) < 4.78 is 0. The highest BCUT2D eigenvalue weighted by Gasteiger charge is 2.24. The molecule has 0 saturated carbocycles. The number of thiophene rings is 1. The van der Waals surface area contributed by atoms with Gasteiger partial charge in [0, 0.05) is 6.04 Å². The van der Waals surface area contributed by atoms with E-state index in [2.05, 4.69) is 28.7 Å². The third-order valence-corrected chi connectivity index (χ3v) is 3.40. The van der Waals surface area contributed by atoms with E-state index in [1.165, 1.54) is 31.5 Å². The maximum atomic E-state index is 2.57. The van der Waals surface area contributed by atoms with Crippen LogP contribution in [0.1, 0.15) is 31.4 Å². The number of nitrogens with zero attached hydrogens (tertiary/aromatic N) is 1. The van der Waals surface area contributed by atoms with E-state index in [0.717, 1.165) is 6.04 Å². The molecule has 0 bridgehead atoms. The van der Waals surface area contributed by atoms with Gasteiger partial charge in [-0.1, -0.05) is 6.92 Å². The van der Waals surface area contributed by atoms with Crippen LogP contribution < -0.4 is 0 Å². The Morgan fingerprint density at radius 1 is 1.67 bits per heavy atom. The SMILES string of the molecule is CCN1CCC[C@@H]1c1ccsc1. The zero-order valence-corrected chi connectivity index (χ0v) is 8.31. The summed E-state index contributed by atoms with van der Waals surface area (Å²) in [6, 6.07) is 2.99. The Kier molecular flexibility index (Phi) is 2.47. The first-order chi connectivity index (χ1) is 5.92. The van der Waals surface area contributed by atoms with Gasteiger partial charge in [0.25, 0.3) is 0 Å². The van der Waals surface area contributed by atoms with Gasteiger partial charge in [-0.05, 0) is 48.3 Å². The van der Waals surface area contributed by atoms with Gasteiger partial charge in [0.1, 0.15) is 0 Å². The van der Waals surface area contributed by atoms with Crippen LogP contribution in [0.5, 0.6) is 0 Å². The molecule has 1 nitrogen and oxygen atoms in total. The standard InChI is InChI=1S/C10H15NS/c1-2-11-6-3-4-10(11)9-5-7-12-8-9/h5,7-8,10H,2-4,6H2,1H3/t10-/m1/s1. The normalized spacial score (nSPS) is 24.9. The predicted molar refractivity (Wildman–Crippen MR) is 53.5 cm³/mol. The highest BCUT2D eigenvalue weighted by atomic mass is 32.1. The summed E-state index contributed by atoms with van der Waals surface area (Å²) in [6.07, 6.45) is 2.72. The molecule has 66 valence electrons. The maximum Gasteiger partial charge on any atom is 0.0356 e. The van der Waals surface area contributed by atoms with E-state index >= 15 is 0 Å². The van der Waals surface area contributed by atoms with Gasteiger partial charge in [0.05, 0.1) is 0 Å². The third-order valence-electron chi connectivity index (χ3n) is 2.70. The first-order valence-corrected chi connectivity index (χ1v) is 5.62. The summed E-state index contributed by atoms with van der Waals surface area (Å²) in [5.74, 6) is 0. The second-order valence-electron chi connectivity index (χ2n) is 3.34. The molecule has 1 aromatic rings. The van der Waals surface area contributed by atoms with Crippen LogP contribution in [0.15, 0.2) is 16.8 Å². The van der Waals surface area contributed by atoms with Crippen LogP contribution in [0.3, 0.4) is 0 Å². The largest absolute Gasteiger partial charge is 0.297 e. The molecule has 2 heteroatoms. The molecule has 0 amide bonds. The van der Waals surface area contributed by atoms with Gasteiger partial charge in [-0.2, -0.15) is 11.3 Å². The molecule has 0 N–H and O–H groups in total. The van der Waals surface area contributed by atoms with Gasteiger partial charge in [-0.3, -0.25) is 4.90 Å². The smallest absolute Gasteiger partial charge is 0.0356 e. The second-order valence-corrected chi connectivity index (χ2v) is 4.12. The summed E-state index contributed by atoms with van der Waals surface area (Å²) in [5.41, 5.74) is 1.53. The van der Waals surface area contributed by atoms with Crippen molar-refractivity contribution in [1.29, 1.82) is 0 Å². The molecule has 2 heterocycles. The fourth-order valence-electron chi connectivity index (χ4n) is 2.05. The molecular weight excluding hydrogens is 166 g/mol. The van der Waals surface area contributed by atoms with Gasteiger partial charge >= 0.3 is 0 Å². The van der Waals surface area contributed by atoms with Gasteiger partial charge in [0.15, 0.2) is 0 Å². The van der Waals surface area contributed by atoms with E-state index in [1.54, 1.807) is 0 Å². The Hall–Kier alpha value is -0.340. The molecule has 1 fully saturated rings. The van der Waals surface area contributed by atoms with Crippen molar-refractivity contribution in [3.63, 3.8) is 0 Å². The monoisotopic (exact) mass is 181 g/mol. The molecule has 12 heavy (non-hydrogen) atoms. The quantitative estimate of drug-likeness (QED) is 0.678. The lowest BCUT2D eigenvalue weighted by Gasteiger charge is -2.21. The van der Waals surface area contributed by atoms with Crippen molar-refractivity contribution in [2.24, 2.45) is 0 Å². The Balaban J connectivity index is 2.13. The van der Waals surface area contributed by atoms with Crippen LogP contribution in [-0.2, 0) is 0 Å². The minimum Gasteiger partial charge on any atom is -0.297 e. The van der Waals surface area contributed by atoms with Crippen LogP contribution in [0.25, 0.3) is 0 Å². The molecule has 0 aliphatic carbocycles. The zero-order chi connectivity index (χ0) is 8.39. The van der Waals surface area contributed by atoms with Gasteiger partial charge in [0.2, 0.25) is 0 Å². The van der Waals surface area contributed by atoms with Crippen molar-refractivity contribution in [1.82, 2.24) is 4.90 Å². The molecule has 2 rings (SSSR count). The lowest BCUT2D eigenvalue weighted by Crippen LogP contribution is -2.22. The van der Waals surface area contributed by atoms with Crippen molar-refractivity contribution >= 4 is 11.3 Å². The summed E-state index contributed by atoms with van der Waals surface area (Å²) in [6.45, 7) is 4.74. The van der Waals surface area contributed by atoms with Crippen LogP contribution in [0, 0.1) is 0 Å². The molecule has 0 aromatic carbocycles. The second kappa shape index (κ2) is 3.58. The van der Waals surface area contributed by atoms with Crippen molar-refractivity contribution < 1.29 is 0 Å². The average molecular weight is 181 g/mol. The van der Waals surface area contributed by atoms with Gasteiger partial charge in [-0.25, -0.2) is 0 Å². The van der Waals surface area contributed by atoms with Crippen LogP contribution >= 0.6 is 11.3 Å². The van der Waals surface area contributed by atoms with E-state index in [9.17, 15) is 0 Å². The van der Waals surface area contributed by atoms with E-state index in [0.29, 0.717) is 0 Å². The van der Waals surface area contributed by atoms with E-state index in [-0.39, 0.29) is 0 Å². The summed E-state index contributed by atoms with van der Waals surface area (Å²) in [5, 5.41) is 4.47. The summed E-state index contributed by atoms with van der Waals surface area (Å²) >= 11 is 1.81. The van der Waals surface area contributed by atoms with E-state index < -0.39 is 0 Å². The minimum absolute atomic E-state index is 0.723. The van der Waals surface area contributed by atoms with Crippen molar-refractivity contribution in [2.75, 3.05) is 13.1 Å². The zero-order valence-electron chi connectivity index (χ0n) is 7.49. The van der Waals surface area contributed by atoms with Gasteiger partial charge < -0.3 is 0 Å².